The Hall–Kier alpha value is -2.16. The highest BCUT2D eigenvalue weighted by Gasteiger charge is 2.38. The van der Waals surface area contributed by atoms with Gasteiger partial charge < -0.3 is 26.0 Å². The Labute approximate surface area is 157 Å². The number of hydrogen-bond donors (Lipinski definition) is 3. The first kappa shape index (κ1) is 21.1. The number of anilines is 3. The van der Waals surface area contributed by atoms with E-state index < -0.39 is 12.1 Å². The van der Waals surface area contributed by atoms with Crippen LogP contribution in [-0.4, -0.2) is 56.5 Å². The van der Waals surface area contributed by atoms with Gasteiger partial charge in [0.15, 0.2) is 0 Å². The number of rotatable bonds is 2. The molecule has 0 radical (unpaired) electrons. The molecule has 2 aliphatic heterocycles. The van der Waals surface area contributed by atoms with E-state index in [1.165, 1.54) is 24.2 Å². The number of carboxylic acid groups (broad SMARTS) is 1. The molecule has 1 aromatic carbocycles. The maximum Gasteiger partial charge on any atom is 0.490 e. The molecule has 9 heteroatoms. The molecule has 0 atom stereocenters. The zero-order chi connectivity index (χ0) is 20.0. The van der Waals surface area contributed by atoms with Crippen molar-refractivity contribution in [3.63, 3.8) is 0 Å². The molecule has 0 aliphatic carbocycles. The van der Waals surface area contributed by atoms with Crippen molar-refractivity contribution in [2.45, 2.75) is 25.9 Å². The monoisotopic (exact) mass is 388 g/mol. The molecule has 4 N–H and O–H groups in total. The second-order valence-corrected chi connectivity index (χ2v) is 6.95. The normalized spacial score (nSPS) is 18.7. The van der Waals surface area contributed by atoms with Crippen LogP contribution in [0.25, 0.3) is 0 Å². The zero-order valence-corrected chi connectivity index (χ0v) is 15.4. The van der Waals surface area contributed by atoms with Crippen LogP contribution in [-0.2, 0) is 4.79 Å². The Kier molecular flexibility index (Phi) is 7.18. The summed E-state index contributed by atoms with van der Waals surface area (Å²) in [6, 6.07) is 6.53. The number of hydrogen-bond acceptors (Lipinski definition) is 5. The van der Waals surface area contributed by atoms with Crippen LogP contribution in [0.2, 0.25) is 0 Å². The van der Waals surface area contributed by atoms with Gasteiger partial charge in [0.25, 0.3) is 0 Å². The maximum atomic E-state index is 10.6. The van der Waals surface area contributed by atoms with E-state index in [-0.39, 0.29) is 0 Å². The molecular weight excluding hydrogens is 361 g/mol. The molecule has 0 unspecified atom stereocenters. The lowest BCUT2D eigenvalue weighted by Gasteiger charge is -2.35. The fourth-order valence-electron chi connectivity index (χ4n) is 3.18. The lowest BCUT2D eigenvalue weighted by molar-refractivity contribution is -0.192. The largest absolute Gasteiger partial charge is 0.490 e. The molecule has 2 saturated heterocycles. The van der Waals surface area contributed by atoms with Gasteiger partial charge in [0.1, 0.15) is 0 Å². The quantitative estimate of drug-likeness (QED) is 0.676. The standard InChI is InChI=1S/C16H26N4.C2HF3O2/c1-13-4-8-20(9-5-13)16-12-14(2-3-15(16)17)19-10-6-18-7-11-19;3-2(4,5)1(6)7/h2-3,12-13,18H,4-11,17H2,1H3;(H,6,7). The van der Waals surface area contributed by atoms with Crippen LogP contribution in [0.5, 0.6) is 0 Å². The van der Waals surface area contributed by atoms with Crippen LogP contribution >= 0.6 is 0 Å². The second kappa shape index (κ2) is 9.16. The number of alkyl halides is 3. The van der Waals surface area contributed by atoms with Crippen LogP contribution < -0.4 is 20.9 Å². The van der Waals surface area contributed by atoms with Crippen molar-refractivity contribution in [3.05, 3.63) is 18.2 Å². The van der Waals surface area contributed by atoms with Crippen LogP contribution in [0.3, 0.4) is 0 Å². The maximum absolute atomic E-state index is 10.6. The molecule has 0 bridgehead atoms. The zero-order valence-electron chi connectivity index (χ0n) is 15.4. The van der Waals surface area contributed by atoms with E-state index in [1.807, 2.05) is 0 Å². The Bertz CT molecular complexity index is 626. The van der Waals surface area contributed by atoms with Gasteiger partial charge >= 0.3 is 12.1 Å². The number of benzene rings is 1. The molecule has 0 saturated carbocycles. The van der Waals surface area contributed by atoms with Crippen molar-refractivity contribution in [1.82, 2.24) is 5.32 Å². The Morgan fingerprint density at radius 2 is 1.70 bits per heavy atom. The van der Waals surface area contributed by atoms with E-state index >= 15 is 0 Å². The van der Waals surface area contributed by atoms with Crippen LogP contribution in [0, 0.1) is 5.92 Å². The van der Waals surface area contributed by atoms with E-state index in [1.54, 1.807) is 0 Å². The second-order valence-electron chi connectivity index (χ2n) is 6.95. The first-order chi connectivity index (χ1) is 12.7. The summed E-state index contributed by atoms with van der Waals surface area (Å²) in [5, 5.41) is 10.5. The van der Waals surface area contributed by atoms with Gasteiger partial charge in [-0.25, -0.2) is 4.79 Å². The smallest absolute Gasteiger partial charge is 0.475 e. The van der Waals surface area contributed by atoms with Gasteiger partial charge in [0.05, 0.1) is 11.4 Å². The van der Waals surface area contributed by atoms with Gasteiger partial charge in [-0.3, -0.25) is 0 Å². The summed E-state index contributed by atoms with van der Waals surface area (Å²) in [5.41, 5.74) is 9.67. The lowest BCUT2D eigenvalue weighted by atomic mass is 9.98. The van der Waals surface area contributed by atoms with Crippen LogP contribution in [0.1, 0.15) is 19.8 Å². The third-order valence-corrected chi connectivity index (χ3v) is 4.86. The van der Waals surface area contributed by atoms with Crippen molar-refractivity contribution >= 4 is 23.0 Å². The van der Waals surface area contributed by atoms with E-state index in [4.69, 9.17) is 15.6 Å². The molecule has 2 fully saturated rings. The predicted molar refractivity (Wildman–Crippen MR) is 100 cm³/mol. The van der Waals surface area contributed by atoms with Gasteiger partial charge in [-0.1, -0.05) is 6.92 Å². The van der Waals surface area contributed by atoms with Crippen molar-refractivity contribution in [1.29, 1.82) is 0 Å². The minimum Gasteiger partial charge on any atom is -0.475 e. The van der Waals surface area contributed by atoms with Crippen molar-refractivity contribution in [2.24, 2.45) is 5.92 Å². The Morgan fingerprint density at radius 1 is 1.15 bits per heavy atom. The number of carboxylic acids is 1. The highest BCUT2D eigenvalue weighted by Crippen LogP contribution is 2.32. The Balaban J connectivity index is 0.000000321. The number of aliphatic carboxylic acids is 1. The van der Waals surface area contributed by atoms with E-state index in [2.05, 4.69) is 40.2 Å². The number of halogens is 3. The number of nitrogens with one attached hydrogen (secondary N) is 1. The van der Waals surface area contributed by atoms with E-state index in [9.17, 15) is 13.2 Å². The molecule has 3 rings (SSSR count). The van der Waals surface area contributed by atoms with E-state index in [0.29, 0.717) is 0 Å². The molecule has 27 heavy (non-hydrogen) atoms. The third kappa shape index (κ3) is 6.20. The van der Waals surface area contributed by atoms with E-state index in [0.717, 1.165) is 50.9 Å². The molecule has 0 amide bonds. The summed E-state index contributed by atoms with van der Waals surface area (Å²) >= 11 is 0. The number of carbonyl (C=O) groups is 1. The van der Waals surface area contributed by atoms with Crippen molar-refractivity contribution in [2.75, 3.05) is 54.8 Å². The lowest BCUT2D eigenvalue weighted by Crippen LogP contribution is -2.43. The first-order valence-electron chi connectivity index (χ1n) is 9.08. The molecule has 2 aliphatic rings. The fourth-order valence-corrected chi connectivity index (χ4v) is 3.18. The minimum absolute atomic E-state index is 0.851. The van der Waals surface area contributed by atoms with Crippen LogP contribution in [0.4, 0.5) is 30.2 Å². The highest BCUT2D eigenvalue weighted by atomic mass is 19.4. The van der Waals surface area contributed by atoms with Crippen molar-refractivity contribution in [3.8, 4) is 0 Å². The van der Waals surface area contributed by atoms with Gasteiger partial charge in [-0.15, -0.1) is 0 Å². The van der Waals surface area contributed by atoms with Gasteiger partial charge in [-0.2, -0.15) is 13.2 Å². The Morgan fingerprint density at radius 3 is 2.22 bits per heavy atom. The molecule has 0 spiro atoms. The number of nitrogens with zero attached hydrogens (tertiary/aromatic N) is 2. The summed E-state index contributed by atoms with van der Waals surface area (Å²) in [7, 11) is 0. The summed E-state index contributed by atoms with van der Waals surface area (Å²) in [6.07, 6.45) is -2.53. The SMILES string of the molecule is CC1CCN(c2cc(N3CCNCC3)ccc2N)CC1.O=C(O)C(F)(F)F. The van der Waals surface area contributed by atoms with Crippen LogP contribution in [0.15, 0.2) is 18.2 Å². The summed E-state index contributed by atoms with van der Waals surface area (Å²) < 4.78 is 31.7. The molecule has 2 heterocycles. The minimum atomic E-state index is -5.08. The summed E-state index contributed by atoms with van der Waals surface area (Å²) in [5.74, 6) is -1.91. The average Bonchev–Trinajstić information content (AvgIpc) is 2.63. The summed E-state index contributed by atoms with van der Waals surface area (Å²) in [6.45, 7) is 8.92. The predicted octanol–water partition coefficient (Wildman–Crippen LogP) is 2.55. The molecule has 6 nitrogen and oxygen atoms in total. The molecule has 1 aromatic rings. The molecule has 0 aromatic heterocycles. The number of nitrogen functional groups attached to an aromatic ring is 1. The average molecular weight is 388 g/mol. The molecule has 152 valence electrons. The third-order valence-electron chi connectivity index (χ3n) is 4.86. The number of piperazine rings is 1. The summed E-state index contributed by atoms with van der Waals surface area (Å²) in [4.78, 5) is 13.8. The van der Waals surface area contributed by atoms with Crippen molar-refractivity contribution < 1.29 is 23.1 Å². The van der Waals surface area contributed by atoms with Gasteiger partial charge in [-0.05, 0) is 37.0 Å². The van der Waals surface area contributed by atoms with Gasteiger partial charge in [0, 0.05) is 45.0 Å². The topological polar surface area (TPSA) is 81.8 Å². The fraction of sp³-hybridized carbons (Fsp3) is 0.611. The number of piperidine rings is 1. The molecular formula is C18H27F3N4O2. The van der Waals surface area contributed by atoms with Gasteiger partial charge in [0.2, 0.25) is 0 Å². The number of nitrogens with two attached hydrogens (primary N) is 1. The first-order valence-corrected chi connectivity index (χ1v) is 9.08. The highest BCUT2D eigenvalue weighted by molar-refractivity contribution is 5.74.